The molecule has 0 saturated carbocycles. The average Bonchev–Trinajstić information content (AvgIpc) is 3.37. The Hall–Kier alpha value is -2.86. The van der Waals surface area contributed by atoms with Crippen LogP contribution in [0, 0.1) is 6.92 Å². The maximum atomic E-state index is 12.7. The summed E-state index contributed by atoms with van der Waals surface area (Å²) in [4.78, 5) is 25.7. The molecule has 1 fully saturated rings. The highest BCUT2D eigenvalue weighted by Crippen LogP contribution is 2.13. The van der Waals surface area contributed by atoms with Crippen molar-refractivity contribution in [2.75, 3.05) is 39.4 Å². The molecular formula is C18H23F3N4O5. The van der Waals surface area contributed by atoms with Crippen LogP contribution in [0.15, 0.2) is 28.9 Å². The van der Waals surface area contributed by atoms with Crippen LogP contribution in [0.25, 0.3) is 0 Å². The highest BCUT2D eigenvalue weighted by molar-refractivity contribution is 5.92. The molecular weight excluding hydrogens is 409 g/mol. The molecule has 1 aliphatic rings. The minimum atomic E-state index is -5.08. The van der Waals surface area contributed by atoms with E-state index in [4.69, 9.17) is 19.1 Å². The number of halogens is 3. The second-order valence-corrected chi connectivity index (χ2v) is 6.50. The molecule has 0 aliphatic carbocycles. The normalized spacial score (nSPS) is 14.7. The average molecular weight is 432 g/mol. The maximum Gasteiger partial charge on any atom is 0.490 e. The van der Waals surface area contributed by atoms with Gasteiger partial charge in [0.2, 0.25) is 0 Å². The number of ether oxygens (including phenoxy) is 1. The van der Waals surface area contributed by atoms with Crippen LogP contribution in [-0.4, -0.2) is 82.5 Å². The van der Waals surface area contributed by atoms with Crippen molar-refractivity contribution < 1.29 is 37.0 Å². The molecule has 3 heterocycles. The van der Waals surface area contributed by atoms with Gasteiger partial charge in [0.15, 0.2) is 0 Å². The Kier molecular flexibility index (Phi) is 8.42. The molecule has 0 bridgehead atoms. The van der Waals surface area contributed by atoms with Crippen molar-refractivity contribution in [2.24, 2.45) is 0 Å². The number of hydrogen-bond acceptors (Lipinski definition) is 6. The van der Waals surface area contributed by atoms with Crippen molar-refractivity contribution in [1.82, 2.24) is 20.0 Å². The van der Waals surface area contributed by atoms with E-state index in [1.165, 1.54) is 0 Å². The zero-order chi connectivity index (χ0) is 22.1. The van der Waals surface area contributed by atoms with E-state index in [0.29, 0.717) is 18.8 Å². The zero-order valence-corrected chi connectivity index (χ0v) is 16.3. The van der Waals surface area contributed by atoms with Crippen molar-refractivity contribution in [3.05, 3.63) is 41.6 Å². The largest absolute Gasteiger partial charge is 0.490 e. The number of aromatic nitrogens is 2. The Bertz CT molecular complexity index is 801. The number of nitrogens with zero attached hydrogens (tertiary/aromatic N) is 3. The standard InChI is InChI=1S/C16H22N4O3.C2HF3O2/c1-13-11-15(18-17-13)16(21)20(12-14-3-2-8-23-14)5-4-19-6-9-22-10-7-19;3-2(4,5)1(6)7/h2-3,8,11H,4-7,9-10,12H2,1H3,(H,17,18);(H,6,7). The van der Waals surface area contributed by atoms with Crippen LogP contribution in [0.2, 0.25) is 0 Å². The lowest BCUT2D eigenvalue weighted by molar-refractivity contribution is -0.192. The number of aromatic amines is 1. The van der Waals surface area contributed by atoms with Crippen molar-refractivity contribution in [3.63, 3.8) is 0 Å². The summed E-state index contributed by atoms with van der Waals surface area (Å²) >= 11 is 0. The lowest BCUT2D eigenvalue weighted by Crippen LogP contribution is -2.43. The molecule has 0 spiro atoms. The predicted molar refractivity (Wildman–Crippen MR) is 97.7 cm³/mol. The summed E-state index contributed by atoms with van der Waals surface area (Å²) in [6, 6.07) is 5.48. The van der Waals surface area contributed by atoms with Gasteiger partial charge in [-0.25, -0.2) is 4.79 Å². The van der Waals surface area contributed by atoms with Crippen molar-refractivity contribution in [3.8, 4) is 0 Å². The van der Waals surface area contributed by atoms with Crippen molar-refractivity contribution in [2.45, 2.75) is 19.6 Å². The van der Waals surface area contributed by atoms with Crippen LogP contribution in [0.4, 0.5) is 13.2 Å². The summed E-state index contributed by atoms with van der Waals surface area (Å²) in [6.07, 6.45) is -3.46. The van der Waals surface area contributed by atoms with Gasteiger partial charge in [-0.3, -0.25) is 14.8 Å². The van der Waals surface area contributed by atoms with Gasteiger partial charge >= 0.3 is 12.1 Å². The molecule has 3 rings (SSSR count). The summed E-state index contributed by atoms with van der Waals surface area (Å²) in [5, 5.41) is 14.0. The fraction of sp³-hybridized carbons (Fsp3) is 0.500. The molecule has 0 atom stereocenters. The number of hydrogen-bond donors (Lipinski definition) is 2. The first-order chi connectivity index (χ1) is 14.2. The number of H-pyrrole nitrogens is 1. The highest BCUT2D eigenvalue weighted by Gasteiger charge is 2.38. The second-order valence-electron chi connectivity index (χ2n) is 6.50. The Morgan fingerprint density at radius 3 is 2.50 bits per heavy atom. The SMILES string of the molecule is Cc1cc(C(=O)N(CCN2CCOCC2)Cc2ccco2)n[nH]1.O=C(O)C(F)(F)F. The molecule has 2 aromatic rings. The van der Waals surface area contributed by atoms with Crippen LogP contribution in [0.1, 0.15) is 21.9 Å². The second kappa shape index (κ2) is 10.8. The highest BCUT2D eigenvalue weighted by atomic mass is 19.4. The first kappa shape index (κ1) is 23.4. The van der Waals surface area contributed by atoms with Crippen LogP contribution >= 0.6 is 0 Å². The predicted octanol–water partition coefficient (Wildman–Crippen LogP) is 1.92. The van der Waals surface area contributed by atoms with Gasteiger partial charge in [-0.2, -0.15) is 18.3 Å². The molecule has 30 heavy (non-hydrogen) atoms. The van der Waals surface area contributed by atoms with E-state index >= 15 is 0 Å². The van der Waals surface area contributed by atoms with Gasteiger partial charge in [-0.15, -0.1) is 0 Å². The quantitative estimate of drug-likeness (QED) is 0.717. The van der Waals surface area contributed by atoms with E-state index < -0.39 is 12.1 Å². The van der Waals surface area contributed by atoms with E-state index in [0.717, 1.165) is 44.3 Å². The van der Waals surface area contributed by atoms with Gasteiger partial charge in [0.05, 0.1) is 26.0 Å². The van der Waals surface area contributed by atoms with Crippen LogP contribution in [0.5, 0.6) is 0 Å². The number of carboxylic acid groups (broad SMARTS) is 1. The number of carbonyl (C=O) groups is 2. The molecule has 1 amide bonds. The van der Waals surface area contributed by atoms with Crippen molar-refractivity contribution >= 4 is 11.9 Å². The molecule has 2 aromatic heterocycles. The smallest absolute Gasteiger partial charge is 0.475 e. The number of aryl methyl sites for hydroxylation is 1. The number of morpholine rings is 1. The number of aliphatic carboxylic acids is 1. The Balaban J connectivity index is 0.000000396. The van der Waals surface area contributed by atoms with E-state index in [1.54, 1.807) is 17.2 Å². The summed E-state index contributed by atoms with van der Waals surface area (Å²) < 4.78 is 42.5. The Morgan fingerprint density at radius 2 is 2.00 bits per heavy atom. The molecule has 9 nitrogen and oxygen atoms in total. The third-order valence-corrected chi connectivity index (χ3v) is 4.17. The number of alkyl halides is 3. The lowest BCUT2D eigenvalue weighted by atomic mass is 10.3. The first-order valence-corrected chi connectivity index (χ1v) is 9.10. The number of amides is 1. The molecule has 1 aliphatic heterocycles. The lowest BCUT2D eigenvalue weighted by Gasteiger charge is -2.29. The molecule has 0 unspecified atom stereocenters. The minimum absolute atomic E-state index is 0.0843. The summed E-state index contributed by atoms with van der Waals surface area (Å²) in [5.74, 6) is -2.07. The van der Waals surface area contributed by atoms with E-state index in [9.17, 15) is 18.0 Å². The first-order valence-electron chi connectivity index (χ1n) is 9.10. The van der Waals surface area contributed by atoms with Gasteiger partial charge in [0.1, 0.15) is 11.5 Å². The summed E-state index contributed by atoms with van der Waals surface area (Å²) in [7, 11) is 0. The topological polar surface area (TPSA) is 112 Å². The van der Waals surface area contributed by atoms with Crippen molar-refractivity contribution in [1.29, 1.82) is 0 Å². The Morgan fingerprint density at radius 1 is 1.33 bits per heavy atom. The van der Waals surface area contributed by atoms with E-state index in [2.05, 4.69) is 15.1 Å². The van der Waals surface area contributed by atoms with E-state index in [-0.39, 0.29) is 5.91 Å². The van der Waals surface area contributed by atoms with E-state index in [1.807, 2.05) is 19.1 Å². The maximum absolute atomic E-state index is 12.7. The number of furan rings is 1. The molecule has 166 valence electrons. The molecule has 0 aromatic carbocycles. The van der Waals surface area contributed by atoms with Gasteiger partial charge in [-0.05, 0) is 25.1 Å². The zero-order valence-electron chi connectivity index (χ0n) is 16.3. The monoisotopic (exact) mass is 432 g/mol. The molecule has 2 N–H and O–H groups in total. The molecule has 12 heteroatoms. The number of carboxylic acids is 1. The van der Waals surface area contributed by atoms with Crippen LogP contribution in [-0.2, 0) is 16.1 Å². The van der Waals surface area contributed by atoms with Gasteiger partial charge in [-0.1, -0.05) is 0 Å². The number of carbonyl (C=O) groups excluding carboxylic acids is 1. The van der Waals surface area contributed by atoms with Gasteiger partial charge in [0.25, 0.3) is 5.91 Å². The summed E-state index contributed by atoms with van der Waals surface area (Å²) in [6.45, 7) is 7.10. The van der Waals surface area contributed by atoms with Crippen LogP contribution in [0.3, 0.4) is 0 Å². The third kappa shape index (κ3) is 7.52. The number of rotatable bonds is 6. The third-order valence-electron chi connectivity index (χ3n) is 4.17. The molecule has 0 radical (unpaired) electrons. The Labute approximate surface area is 170 Å². The fourth-order valence-corrected chi connectivity index (χ4v) is 2.62. The van der Waals surface area contributed by atoms with Crippen LogP contribution < -0.4 is 0 Å². The molecule has 1 saturated heterocycles. The van der Waals surface area contributed by atoms with Gasteiger partial charge in [0, 0.05) is 31.9 Å². The minimum Gasteiger partial charge on any atom is -0.475 e. The number of nitrogens with one attached hydrogen (secondary N) is 1. The summed E-state index contributed by atoms with van der Waals surface area (Å²) in [5.41, 5.74) is 1.32. The van der Waals surface area contributed by atoms with Gasteiger partial charge < -0.3 is 19.2 Å². The fourth-order valence-electron chi connectivity index (χ4n) is 2.62.